The summed E-state index contributed by atoms with van der Waals surface area (Å²) in [6, 6.07) is 5.23. The van der Waals surface area contributed by atoms with Crippen LogP contribution in [-0.2, 0) is 6.54 Å². The van der Waals surface area contributed by atoms with E-state index in [1.54, 1.807) is 7.11 Å². The van der Waals surface area contributed by atoms with E-state index < -0.39 is 0 Å². The summed E-state index contributed by atoms with van der Waals surface area (Å²) in [5, 5.41) is 3.57. The van der Waals surface area contributed by atoms with Gasteiger partial charge in [-0.1, -0.05) is 6.07 Å². The average molecular weight is 263 g/mol. The van der Waals surface area contributed by atoms with E-state index in [1.807, 2.05) is 12.3 Å². The van der Waals surface area contributed by atoms with Crippen LogP contribution in [0.2, 0.25) is 0 Å². The van der Waals surface area contributed by atoms with Crippen molar-refractivity contribution in [3.05, 3.63) is 23.9 Å². The summed E-state index contributed by atoms with van der Waals surface area (Å²) in [5.41, 5.74) is 1.24. The van der Waals surface area contributed by atoms with Crippen LogP contribution in [0.5, 0.6) is 5.88 Å². The smallest absolute Gasteiger partial charge is 0.212 e. The van der Waals surface area contributed by atoms with Crippen molar-refractivity contribution in [1.82, 2.24) is 15.2 Å². The Balaban J connectivity index is 1.94. The zero-order chi connectivity index (χ0) is 13.7. The van der Waals surface area contributed by atoms with Gasteiger partial charge >= 0.3 is 0 Å². The summed E-state index contributed by atoms with van der Waals surface area (Å²) >= 11 is 0. The SMILES string of the molecule is COc1ccc(CN(CC2CCCN2)C(C)C)cn1. The maximum atomic E-state index is 5.09. The van der Waals surface area contributed by atoms with Crippen molar-refractivity contribution >= 4 is 0 Å². The monoisotopic (exact) mass is 263 g/mol. The minimum absolute atomic E-state index is 0.546. The Bertz CT molecular complexity index is 371. The van der Waals surface area contributed by atoms with Gasteiger partial charge in [-0.2, -0.15) is 0 Å². The molecule has 1 fully saturated rings. The summed E-state index contributed by atoms with van der Waals surface area (Å²) in [6.45, 7) is 7.75. The highest BCUT2D eigenvalue weighted by molar-refractivity contribution is 5.17. The van der Waals surface area contributed by atoms with E-state index >= 15 is 0 Å². The number of rotatable bonds is 6. The largest absolute Gasteiger partial charge is 0.481 e. The summed E-state index contributed by atoms with van der Waals surface area (Å²) in [5.74, 6) is 0.678. The second-order valence-corrected chi connectivity index (χ2v) is 5.53. The predicted octanol–water partition coefficient (Wildman–Crippen LogP) is 2.05. The highest BCUT2D eigenvalue weighted by Crippen LogP contribution is 2.14. The molecule has 1 aromatic heterocycles. The van der Waals surface area contributed by atoms with Gasteiger partial charge in [0.25, 0.3) is 0 Å². The normalized spacial score (nSPS) is 19.3. The fourth-order valence-corrected chi connectivity index (χ4v) is 2.51. The van der Waals surface area contributed by atoms with Crippen LogP contribution in [0.4, 0.5) is 0 Å². The molecule has 0 radical (unpaired) electrons. The molecule has 1 aromatic rings. The van der Waals surface area contributed by atoms with Crippen molar-refractivity contribution in [2.45, 2.75) is 45.3 Å². The van der Waals surface area contributed by atoms with Gasteiger partial charge in [0.2, 0.25) is 5.88 Å². The lowest BCUT2D eigenvalue weighted by atomic mass is 10.1. The molecular formula is C15H25N3O. The molecule has 106 valence electrons. The second-order valence-electron chi connectivity index (χ2n) is 5.53. The Morgan fingerprint density at radius 1 is 1.47 bits per heavy atom. The molecule has 1 saturated heterocycles. The molecule has 0 saturated carbocycles. The minimum Gasteiger partial charge on any atom is -0.481 e. The molecule has 2 heterocycles. The Morgan fingerprint density at radius 3 is 2.84 bits per heavy atom. The second kappa shape index (κ2) is 6.87. The van der Waals surface area contributed by atoms with Crippen molar-refractivity contribution in [3.8, 4) is 5.88 Å². The Hall–Kier alpha value is -1.13. The molecular weight excluding hydrogens is 238 g/mol. The number of nitrogens with one attached hydrogen (secondary N) is 1. The Morgan fingerprint density at radius 2 is 2.32 bits per heavy atom. The number of aromatic nitrogens is 1. The summed E-state index contributed by atoms with van der Waals surface area (Å²) < 4.78 is 5.09. The molecule has 4 heteroatoms. The van der Waals surface area contributed by atoms with Gasteiger partial charge in [-0.25, -0.2) is 4.98 Å². The van der Waals surface area contributed by atoms with Crippen LogP contribution in [0, 0.1) is 0 Å². The van der Waals surface area contributed by atoms with Gasteiger partial charge < -0.3 is 10.1 Å². The molecule has 1 N–H and O–H groups in total. The molecule has 0 bridgehead atoms. The standard InChI is InChI=1S/C15H25N3O/c1-12(2)18(11-14-5-4-8-16-14)10-13-6-7-15(19-3)17-9-13/h6-7,9,12,14,16H,4-5,8,10-11H2,1-3H3. The fraction of sp³-hybridized carbons (Fsp3) is 0.667. The number of ether oxygens (including phenoxy) is 1. The van der Waals surface area contributed by atoms with Crippen molar-refractivity contribution in [3.63, 3.8) is 0 Å². The van der Waals surface area contributed by atoms with Crippen molar-refractivity contribution < 1.29 is 4.74 Å². The molecule has 19 heavy (non-hydrogen) atoms. The van der Waals surface area contributed by atoms with E-state index in [2.05, 4.69) is 35.1 Å². The third kappa shape index (κ3) is 4.18. The van der Waals surface area contributed by atoms with Gasteiger partial charge in [-0.3, -0.25) is 4.90 Å². The first-order valence-electron chi connectivity index (χ1n) is 7.15. The highest BCUT2D eigenvalue weighted by Gasteiger charge is 2.19. The topological polar surface area (TPSA) is 37.4 Å². The van der Waals surface area contributed by atoms with Crippen LogP contribution in [0.15, 0.2) is 18.3 Å². The predicted molar refractivity (Wildman–Crippen MR) is 77.4 cm³/mol. The highest BCUT2D eigenvalue weighted by atomic mass is 16.5. The molecule has 0 spiro atoms. The molecule has 1 unspecified atom stereocenters. The average Bonchev–Trinajstić information content (AvgIpc) is 2.91. The van der Waals surface area contributed by atoms with Crippen LogP contribution < -0.4 is 10.1 Å². The number of nitrogens with zero attached hydrogens (tertiary/aromatic N) is 2. The van der Waals surface area contributed by atoms with Crippen LogP contribution >= 0.6 is 0 Å². The number of pyridine rings is 1. The molecule has 0 amide bonds. The molecule has 0 aliphatic carbocycles. The lowest BCUT2D eigenvalue weighted by molar-refractivity contribution is 0.194. The zero-order valence-electron chi connectivity index (χ0n) is 12.2. The van der Waals surface area contributed by atoms with Crippen LogP contribution in [-0.4, -0.2) is 42.2 Å². The first-order valence-corrected chi connectivity index (χ1v) is 7.15. The van der Waals surface area contributed by atoms with E-state index in [-0.39, 0.29) is 0 Å². The van der Waals surface area contributed by atoms with Crippen LogP contribution in [0.25, 0.3) is 0 Å². The maximum absolute atomic E-state index is 5.09. The van der Waals surface area contributed by atoms with E-state index in [9.17, 15) is 0 Å². The van der Waals surface area contributed by atoms with Crippen molar-refractivity contribution in [2.75, 3.05) is 20.2 Å². The Kier molecular flexibility index (Phi) is 5.16. The van der Waals surface area contributed by atoms with Gasteiger partial charge in [0.05, 0.1) is 7.11 Å². The maximum Gasteiger partial charge on any atom is 0.212 e. The van der Waals surface area contributed by atoms with Gasteiger partial charge in [0.15, 0.2) is 0 Å². The molecule has 4 nitrogen and oxygen atoms in total. The van der Waals surface area contributed by atoms with Gasteiger partial charge in [0.1, 0.15) is 0 Å². The third-order valence-electron chi connectivity index (χ3n) is 3.74. The van der Waals surface area contributed by atoms with E-state index in [0.29, 0.717) is 18.0 Å². The van der Waals surface area contributed by atoms with Crippen molar-refractivity contribution in [2.24, 2.45) is 0 Å². The first kappa shape index (κ1) is 14.3. The van der Waals surface area contributed by atoms with Gasteiger partial charge in [-0.05, 0) is 38.8 Å². The lowest BCUT2D eigenvalue weighted by Gasteiger charge is -2.29. The molecule has 1 atom stereocenters. The first-order chi connectivity index (χ1) is 9.19. The summed E-state index contributed by atoms with van der Waals surface area (Å²) in [4.78, 5) is 6.78. The molecule has 0 aromatic carbocycles. The van der Waals surface area contributed by atoms with Gasteiger partial charge in [0, 0.05) is 37.4 Å². The zero-order valence-corrected chi connectivity index (χ0v) is 12.2. The number of hydrogen-bond acceptors (Lipinski definition) is 4. The van der Waals surface area contributed by atoms with Crippen LogP contribution in [0.3, 0.4) is 0 Å². The number of methoxy groups -OCH3 is 1. The minimum atomic E-state index is 0.546. The lowest BCUT2D eigenvalue weighted by Crippen LogP contribution is -2.40. The third-order valence-corrected chi connectivity index (χ3v) is 3.74. The van der Waals surface area contributed by atoms with Crippen molar-refractivity contribution in [1.29, 1.82) is 0 Å². The quantitative estimate of drug-likeness (QED) is 0.852. The number of hydrogen-bond donors (Lipinski definition) is 1. The van der Waals surface area contributed by atoms with Crippen LogP contribution in [0.1, 0.15) is 32.3 Å². The van der Waals surface area contributed by atoms with E-state index in [4.69, 9.17) is 4.74 Å². The molecule has 2 rings (SSSR count). The summed E-state index contributed by atoms with van der Waals surface area (Å²) in [6.07, 6.45) is 4.51. The molecule has 1 aliphatic heterocycles. The van der Waals surface area contributed by atoms with Gasteiger partial charge in [-0.15, -0.1) is 0 Å². The molecule has 1 aliphatic rings. The summed E-state index contributed by atoms with van der Waals surface area (Å²) in [7, 11) is 1.65. The Labute approximate surface area is 116 Å². The fourth-order valence-electron chi connectivity index (χ4n) is 2.51. The van der Waals surface area contributed by atoms with E-state index in [0.717, 1.165) is 13.1 Å². The van der Waals surface area contributed by atoms with E-state index in [1.165, 1.54) is 24.9 Å².